The minimum Gasteiger partial charge on any atom is -0.368 e. The third-order valence-electron chi connectivity index (χ3n) is 2.12. The van der Waals surface area contributed by atoms with E-state index in [0.29, 0.717) is 21.5 Å². The molecule has 1 aromatic carbocycles. The highest BCUT2D eigenvalue weighted by Crippen LogP contribution is 2.31. The van der Waals surface area contributed by atoms with Gasteiger partial charge in [0.25, 0.3) is 5.69 Å². The summed E-state index contributed by atoms with van der Waals surface area (Å²) in [4.78, 5) is 14.3. The maximum atomic E-state index is 10.9. The van der Waals surface area contributed by atoms with Gasteiger partial charge in [0.1, 0.15) is 0 Å². The molecule has 1 heterocycles. The first kappa shape index (κ1) is 12.7. The normalized spacial score (nSPS) is 10.5. The Kier molecular flexibility index (Phi) is 3.68. The summed E-state index contributed by atoms with van der Waals surface area (Å²) in [6, 6.07) is 4.56. The summed E-state index contributed by atoms with van der Waals surface area (Å²) in [7, 11) is 0. The predicted octanol–water partition coefficient (Wildman–Crippen LogP) is 2.24. The lowest BCUT2D eigenvalue weighted by Crippen LogP contribution is -1.95. The van der Waals surface area contributed by atoms with E-state index in [1.165, 1.54) is 17.8 Å². The Morgan fingerprint density at radius 2 is 2.33 bits per heavy atom. The molecule has 0 atom stereocenters. The zero-order chi connectivity index (χ0) is 13.1. The Bertz CT molecular complexity index is 588. The average Bonchev–Trinajstić information content (AvgIpc) is 2.73. The van der Waals surface area contributed by atoms with E-state index in [2.05, 4.69) is 15.2 Å². The molecule has 0 unspecified atom stereocenters. The Balaban J connectivity index is 2.20. The minimum absolute atomic E-state index is 0.0153. The van der Waals surface area contributed by atoms with Gasteiger partial charge in [-0.25, -0.2) is 5.10 Å². The van der Waals surface area contributed by atoms with E-state index in [1.54, 1.807) is 12.1 Å². The molecule has 0 aliphatic rings. The highest BCUT2D eigenvalue weighted by molar-refractivity contribution is 7.98. The number of rotatable bonds is 4. The van der Waals surface area contributed by atoms with Crippen LogP contribution >= 0.6 is 23.4 Å². The van der Waals surface area contributed by atoms with Gasteiger partial charge in [0.05, 0.1) is 15.5 Å². The number of aromatic amines is 1. The van der Waals surface area contributed by atoms with Crippen molar-refractivity contribution in [1.29, 1.82) is 0 Å². The van der Waals surface area contributed by atoms with E-state index >= 15 is 0 Å². The number of benzene rings is 1. The minimum atomic E-state index is -0.464. The van der Waals surface area contributed by atoms with Crippen molar-refractivity contribution in [3.05, 3.63) is 38.9 Å². The standard InChI is InChI=1S/C9H8ClN5O2S/c10-6-2-1-3-7(15(16)17)5(6)4-18-9-12-8(11)13-14-9/h1-3H,4H2,(H3,11,12,13,14). The first-order chi connectivity index (χ1) is 8.58. The van der Waals surface area contributed by atoms with Gasteiger partial charge in [0.15, 0.2) is 0 Å². The summed E-state index contributed by atoms with van der Waals surface area (Å²) in [5.41, 5.74) is 5.81. The number of nitrogens with two attached hydrogens (primary N) is 1. The van der Waals surface area contributed by atoms with Crippen molar-refractivity contribution < 1.29 is 4.92 Å². The number of nitrogens with zero attached hydrogens (tertiary/aromatic N) is 3. The van der Waals surface area contributed by atoms with Crippen molar-refractivity contribution in [2.75, 3.05) is 5.73 Å². The van der Waals surface area contributed by atoms with Crippen molar-refractivity contribution >= 4 is 35.0 Å². The SMILES string of the molecule is Nc1nc(SCc2c(Cl)cccc2[N+](=O)[O-])n[nH]1. The number of H-pyrrole nitrogens is 1. The van der Waals surface area contributed by atoms with Gasteiger partial charge in [0, 0.05) is 11.8 Å². The lowest BCUT2D eigenvalue weighted by Gasteiger charge is -2.03. The summed E-state index contributed by atoms with van der Waals surface area (Å²) >= 11 is 7.17. The number of hydrogen-bond acceptors (Lipinski definition) is 6. The third kappa shape index (κ3) is 2.71. The third-order valence-corrected chi connectivity index (χ3v) is 3.35. The van der Waals surface area contributed by atoms with E-state index in [-0.39, 0.29) is 11.6 Å². The Hall–Kier alpha value is -1.80. The zero-order valence-electron chi connectivity index (χ0n) is 8.96. The molecule has 0 bridgehead atoms. The van der Waals surface area contributed by atoms with Crippen LogP contribution in [0.25, 0.3) is 0 Å². The number of anilines is 1. The van der Waals surface area contributed by atoms with Gasteiger partial charge in [-0.05, 0) is 6.07 Å². The lowest BCUT2D eigenvalue weighted by atomic mass is 10.2. The highest BCUT2D eigenvalue weighted by Gasteiger charge is 2.17. The molecule has 3 N–H and O–H groups in total. The summed E-state index contributed by atoms with van der Waals surface area (Å²) in [5.74, 6) is 0.499. The summed E-state index contributed by atoms with van der Waals surface area (Å²) in [5, 5.41) is 17.9. The molecule has 0 fully saturated rings. The van der Waals surface area contributed by atoms with E-state index in [9.17, 15) is 10.1 Å². The molecule has 0 aliphatic heterocycles. The van der Waals surface area contributed by atoms with Gasteiger partial charge in [-0.1, -0.05) is 29.4 Å². The van der Waals surface area contributed by atoms with Crippen LogP contribution in [0.15, 0.2) is 23.4 Å². The fourth-order valence-corrected chi connectivity index (χ4v) is 2.49. The van der Waals surface area contributed by atoms with Gasteiger partial charge in [0.2, 0.25) is 11.1 Å². The molecule has 0 spiro atoms. The molecule has 7 nitrogen and oxygen atoms in total. The monoisotopic (exact) mass is 285 g/mol. The van der Waals surface area contributed by atoms with Crippen LogP contribution in [0.3, 0.4) is 0 Å². The lowest BCUT2D eigenvalue weighted by molar-refractivity contribution is -0.385. The Morgan fingerprint density at radius 1 is 1.56 bits per heavy atom. The average molecular weight is 286 g/mol. The summed E-state index contributed by atoms with van der Waals surface area (Å²) in [6.07, 6.45) is 0. The second-order valence-electron chi connectivity index (χ2n) is 3.29. The van der Waals surface area contributed by atoms with Crippen LogP contribution in [0.1, 0.15) is 5.56 Å². The topological polar surface area (TPSA) is 111 Å². The predicted molar refractivity (Wildman–Crippen MR) is 68.5 cm³/mol. The highest BCUT2D eigenvalue weighted by atomic mass is 35.5. The maximum absolute atomic E-state index is 10.9. The first-order valence-electron chi connectivity index (χ1n) is 4.80. The van der Waals surface area contributed by atoms with Crippen molar-refractivity contribution in [3.63, 3.8) is 0 Å². The van der Waals surface area contributed by atoms with E-state index < -0.39 is 4.92 Å². The second-order valence-corrected chi connectivity index (χ2v) is 4.64. The van der Waals surface area contributed by atoms with Crippen LogP contribution in [0, 0.1) is 10.1 Å². The molecule has 0 radical (unpaired) electrons. The molecular weight excluding hydrogens is 278 g/mol. The number of nitro benzene ring substituents is 1. The van der Waals surface area contributed by atoms with Crippen LogP contribution in [0.4, 0.5) is 11.6 Å². The van der Waals surface area contributed by atoms with Gasteiger partial charge in [-0.15, -0.1) is 5.10 Å². The van der Waals surface area contributed by atoms with Crippen LogP contribution in [0.5, 0.6) is 0 Å². The van der Waals surface area contributed by atoms with Crippen molar-refractivity contribution in [2.24, 2.45) is 0 Å². The molecule has 1 aromatic heterocycles. The largest absolute Gasteiger partial charge is 0.368 e. The van der Waals surface area contributed by atoms with E-state index in [0.717, 1.165) is 0 Å². The fourth-order valence-electron chi connectivity index (χ4n) is 1.32. The summed E-state index contributed by atoms with van der Waals surface area (Å²) in [6.45, 7) is 0. The molecule has 18 heavy (non-hydrogen) atoms. The Morgan fingerprint density at radius 3 is 2.94 bits per heavy atom. The molecule has 94 valence electrons. The number of thioether (sulfide) groups is 1. The van der Waals surface area contributed by atoms with Gasteiger partial charge in [-0.3, -0.25) is 10.1 Å². The van der Waals surface area contributed by atoms with Crippen molar-refractivity contribution in [2.45, 2.75) is 10.9 Å². The van der Waals surface area contributed by atoms with E-state index in [4.69, 9.17) is 17.3 Å². The van der Waals surface area contributed by atoms with Crippen LogP contribution < -0.4 is 5.73 Å². The molecule has 0 aliphatic carbocycles. The fraction of sp³-hybridized carbons (Fsp3) is 0.111. The van der Waals surface area contributed by atoms with E-state index in [1.807, 2.05) is 0 Å². The number of nitrogen functional groups attached to an aromatic ring is 1. The number of nitro groups is 1. The van der Waals surface area contributed by atoms with Crippen LogP contribution in [0.2, 0.25) is 5.02 Å². The van der Waals surface area contributed by atoms with Gasteiger partial charge >= 0.3 is 0 Å². The summed E-state index contributed by atoms with van der Waals surface area (Å²) < 4.78 is 0. The molecule has 0 amide bonds. The smallest absolute Gasteiger partial charge is 0.274 e. The number of hydrogen-bond donors (Lipinski definition) is 2. The number of nitrogens with one attached hydrogen (secondary N) is 1. The molecule has 2 rings (SSSR count). The quantitative estimate of drug-likeness (QED) is 0.506. The van der Waals surface area contributed by atoms with Crippen LogP contribution in [-0.4, -0.2) is 20.1 Å². The van der Waals surface area contributed by atoms with Crippen LogP contribution in [-0.2, 0) is 5.75 Å². The Labute approximate surface area is 111 Å². The first-order valence-corrected chi connectivity index (χ1v) is 6.16. The van der Waals surface area contributed by atoms with Gasteiger partial charge < -0.3 is 5.73 Å². The van der Waals surface area contributed by atoms with Crippen molar-refractivity contribution in [3.8, 4) is 0 Å². The van der Waals surface area contributed by atoms with Crippen molar-refractivity contribution in [1.82, 2.24) is 15.2 Å². The molecule has 2 aromatic rings. The maximum Gasteiger partial charge on any atom is 0.274 e. The molecule has 0 saturated carbocycles. The second kappa shape index (κ2) is 5.23. The van der Waals surface area contributed by atoms with Gasteiger partial charge in [-0.2, -0.15) is 4.98 Å². The molecule has 9 heteroatoms. The molecular formula is C9H8ClN5O2S. The zero-order valence-corrected chi connectivity index (χ0v) is 10.5. The molecule has 0 saturated heterocycles. The number of aromatic nitrogens is 3. The number of halogens is 1.